The number of carbonyl (C=O) groups is 2. The Morgan fingerprint density at radius 3 is 2.83 bits per heavy atom. The summed E-state index contributed by atoms with van der Waals surface area (Å²) in [5, 5.41) is 9.34. The molecule has 0 aliphatic heterocycles. The third kappa shape index (κ3) is 2.00. The van der Waals surface area contributed by atoms with Crippen molar-refractivity contribution in [3.05, 3.63) is 35.5 Å². The fourth-order valence-electron chi connectivity index (χ4n) is 6.16. The number of aliphatic hydroxyl groups excluding tert-OH is 1. The van der Waals surface area contributed by atoms with Gasteiger partial charge in [-0.2, -0.15) is 0 Å². The first kappa shape index (κ1) is 16.0. The molecule has 1 unspecified atom stereocenters. The van der Waals surface area contributed by atoms with Gasteiger partial charge in [0, 0.05) is 11.3 Å². The zero-order chi connectivity index (χ0) is 17.1. The molecule has 1 N–H and O–H groups in total. The van der Waals surface area contributed by atoms with Crippen LogP contribution in [0.25, 0.3) is 0 Å². The summed E-state index contributed by atoms with van der Waals surface area (Å²) in [5.41, 5.74) is 2.59. The van der Waals surface area contributed by atoms with Gasteiger partial charge in [-0.25, -0.2) is 0 Å². The number of hydrogen-bond acceptors (Lipinski definition) is 3. The molecule has 0 spiro atoms. The summed E-state index contributed by atoms with van der Waals surface area (Å²) in [7, 11) is 0. The molecule has 5 atom stereocenters. The summed E-state index contributed by atoms with van der Waals surface area (Å²) in [6, 6.07) is 0. The molecule has 2 saturated carbocycles. The second-order valence-electron chi connectivity index (χ2n) is 8.48. The van der Waals surface area contributed by atoms with Gasteiger partial charge >= 0.3 is 0 Å². The van der Waals surface area contributed by atoms with E-state index in [4.69, 9.17) is 0 Å². The van der Waals surface area contributed by atoms with Crippen molar-refractivity contribution in [2.75, 3.05) is 6.61 Å². The highest BCUT2D eigenvalue weighted by Crippen LogP contribution is 2.63. The van der Waals surface area contributed by atoms with Crippen LogP contribution in [0.4, 0.5) is 0 Å². The summed E-state index contributed by atoms with van der Waals surface area (Å²) in [4.78, 5) is 24.0. The predicted octanol–water partition coefficient (Wildman–Crippen LogP) is 3.39. The molecule has 0 radical (unpaired) electrons. The highest BCUT2D eigenvalue weighted by molar-refractivity contribution is 6.01. The first-order valence-electron chi connectivity index (χ1n) is 9.18. The van der Waals surface area contributed by atoms with E-state index in [-0.39, 0.29) is 34.9 Å². The quantitative estimate of drug-likeness (QED) is 0.791. The summed E-state index contributed by atoms with van der Waals surface area (Å²) in [6.45, 7) is 4.17. The molecule has 2 fully saturated rings. The summed E-state index contributed by atoms with van der Waals surface area (Å²) in [5.74, 6) is 1.14. The molecule has 24 heavy (non-hydrogen) atoms. The molecule has 0 saturated heterocycles. The standard InChI is InChI=1S/C21H26O3/c1-20-9-7-14(23)11-13(20)3-4-15-16-5-6-18(19(24)12-22)21(16,2)10-8-17(15)20/h7-9,11,15-16,18,22H,3-6,10,12H2,1-2H3/t15-,16-,18?,20-,21-/m0/s1. The monoisotopic (exact) mass is 326 g/mol. The molecule has 3 heteroatoms. The average molecular weight is 326 g/mol. The smallest absolute Gasteiger partial charge is 0.178 e. The molecular formula is C21H26O3. The van der Waals surface area contributed by atoms with Crippen molar-refractivity contribution in [1.29, 1.82) is 0 Å². The lowest BCUT2D eigenvalue weighted by Crippen LogP contribution is -2.45. The second kappa shape index (κ2) is 5.26. The molecule has 0 aromatic carbocycles. The van der Waals surface area contributed by atoms with E-state index < -0.39 is 0 Å². The van der Waals surface area contributed by atoms with Crippen LogP contribution in [0.15, 0.2) is 35.5 Å². The van der Waals surface area contributed by atoms with E-state index in [1.165, 1.54) is 11.1 Å². The van der Waals surface area contributed by atoms with Crippen LogP contribution >= 0.6 is 0 Å². The minimum absolute atomic E-state index is 0.00137. The number of hydrogen-bond donors (Lipinski definition) is 1. The fraction of sp³-hybridized carbons (Fsp3) is 0.619. The molecule has 128 valence electrons. The van der Waals surface area contributed by atoms with E-state index >= 15 is 0 Å². The van der Waals surface area contributed by atoms with E-state index in [2.05, 4.69) is 26.0 Å². The topological polar surface area (TPSA) is 54.4 Å². The molecular weight excluding hydrogens is 300 g/mol. The molecule has 0 aromatic rings. The highest BCUT2D eigenvalue weighted by Gasteiger charge is 2.56. The van der Waals surface area contributed by atoms with Crippen molar-refractivity contribution >= 4 is 11.6 Å². The molecule has 0 heterocycles. The lowest BCUT2D eigenvalue weighted by atomic mass is 9.52. The van der Waals surface area contributed by atoms with E-state index in [0.717, 1.165) is 32.1 Å². The first-order chi connectivity index (χ1) is 11.4. The second-order valence-corrected chi connectivity index (χ2v) is 8.48. The van der Waals surface area contributed by atoms with Gasteiger partial charge in [-0.15, -0.1) is 0 Å². The Hall–Kier alpha value is -1.48. The van der Waals surface area contributed by atoms with Crippen molar-refractivity contribution in [3.8, 4) is 0 Å². The number of ketones is 2. The van der Waals surface area contributed by atoms with Crippen molar-refractivity contribution in [2.45, 2.75) is 46.0 Å². The largest absolute Gasteiger partial charge is 0.389 e. The first-order valence-corrected chi connectivity index (χ1v) is 9.18. The number of rotatable bonds is 2. The molecule has 4 aliphatic carbocycles. The van der Waals surface area contributed by atoms with Crippen LogP contribution in [0.5, 0.6) is 0 Å². The molecule has 4 aliphatic rings. The van der Waals surface area contributed by atoms with Gasteiger partial charge in [-0.3, -0.25) is 9.59 Å². The third-order valence-electron chi connectivity index (χ3n) is 7.49. The van der Waals surface area contributed by atoms with Gasteiger partial charge in [0.05, 0.1) is 0 Å². The molecule has 3 nitrogen and oxygen atoms in total. The van der Waals surface area contributed by atoms with Gasteiger partial charge in [0.1, 0.15) is 6.61 Å². The van der Waals surface area contributed by atoms with E-state index in [1.54, 1.807) is 6.08 Å². The van der Waals surface area contributed by atoms with Gasteiger partial charge in [0.2, 0.25) is 0 Å². The van der Waals surface area contributed by atoms with Crippen molar-refractivity contribution < 1.29 is 14.7 Å². The van der Waals surface area contributed by atoms with Gasteiger partial charge in [0.15, 0.2) is 11.6 Å². The van der Waals surface area contributed by atoms with Gasteiger partial charge in [0.25, 0.3) is 0 Å². The Labute approximate surface area is 143 Å². The van der Waals surface area contributed by atoms with Gasteiger partial charge < -0.3 is 5.11 Å². The number of Topliss-reactive ketones (excluding diaryl/α,β-unsaturated/α-hetero) is 1. The lowest BCUT2D eigenvalue weighted by Gasteiger charge is -2.52. The summed E-state index contributed by atoms with van der Waals surface area (Å²) in [6.07, 6.45) is 12.9. The minimum atomic E-state index is -0.330. The zero-order valence-electron chi connectivity index (χ0n) is 14.5. The van der Waals surface area contributed by atoms with Crippen LogP contribution in [-0.2, 0) is 9.59 Å². The van der Waals surface area contributed by atoms with Gasteiger partial charge in [-0.05, 0) is 68.4 Å². The van der Waals surface area contributed by atoms with Crippen LogP contribution in [-0.4, -0.2) is 23.3 Å². The minimum Gasteiger partial charge on any atom is -0.389 e. The molecule has 0 bridgehead atoms. The van der Waals surface area contributed by atoms with Crippen molar-refractivity contribution in [3.63, 3.8) is 0 Å². The Morgan fingerprint density at radius 1 is 1.29 bits per heavy atom. The van der Waals surface area contributed by atoms with E-state index in [9.17, 15) is 14.7 Å². The lowest BCUT2D eigenvalue weighted by molar-refractivity contribution is -0.129. The van der Waals surface area contributed by atoms with Gasteiger partial charge in [-0.1, -0.05) is 30.2 Å². The predicted molar refractivity (Wildman–Crippen MR) is 92.2 cm³/mol. The molecule has 0 aromatic heterocycles. The normalized spacial score (nSPS) is 43.5. The van der Waals surface area contributed by atoms with E-state index in [0.29, 0.717) is 11.8 Å². The van der Waals surface area contributed by atoms with Crippen molar-refractivity contribution in [2.24, 2.45) is 28.6 Å². The van der Waals surface area contributed by atoms with Crippen LogP contribution in [0.3, 0.4) is 0 Å². The zero-order valence-corrected chi connectivity index (χ0v) is 14.5. The number of aliphatic hydroxyl groups is 1. The van der Waals surface area contributed by atoms with Crippen molar-refractivity contribution in [1.82, 2.24) is 0 Å². The van der Waals surface area contributed by atoms with Crippen LogP contribution in [0.2, 0.25) is 0 Å². The maximum Gasteiger partial charge on any atom is 0.178 e. The maximum atomic E-state index is 12.2. The average Bonchev–Trinajstić information content (AvgIpc) is 2.92. The van der Waals surface area contributed by atoms with Crippen LogP contribution in [0.1, 0.15) is 46.0 Å². The Morgan fingerprint density at radius 2 is 2.08 bits per heavy atom. The number of allylic oxidation sites excluding steroid dienone is 6. The Kier molecular flexibility index (Phi) is 3.51. The van der Waals surface area contributed by atoms with Crippen LogP contribution in [0, 0.1) is 28.6 Å². The molecule has 0 amide bonds. The maximum absolute atomic E-state index is 12.2. The highest BCUT2D eigenvalue weighted by atomic mass is 16.3. The van der Waals surface area contributed by atoms with Crippen LogP contribution < -0.4 is 0 Å². The molecule has 4 rings (SSSR count). The summed E-state index contributed by atoms with van der Waals surface area (Å²) >= 11 is 0. The third-order valence-corrected chi connectivity index (χ3v) is 7.49. The Bertz CT molecular complexity index is 698. The van der Waals surface area contributed by atoms with E-state index in [1.807, 2.05) is 6.08 Å². The fourth-order valence-corrected chi connectivity index (χ4v) is 6.16. The summed E-state index contributed by atoms with van der Waals surface area (Å²) < 4.78 is 0. The number of fused-ring (bicyclic) bond motifs is 5. The number of carbonyl (C=O) groups excluding carboxylic acids is 2. The SMILES string of the molecule is C[C@]12C=CC(=O)C=C1CC[C@@H]1C2=CC[C@]2(C)C(C(=O)CO)CC[C@@H]12. The Balaban J connectivity index is 1.73.